The normalized spacial score (nSPS) is 19.5. The maximum absolute atomic E-state index is 12.3. The van der Waals surface area contributed by atoms with Crippen molar-refractivity contribution in [1.82, 2.24) is 19.8 Å². The summed E-state index contributed by atoms with van der Waals surface area (Å²) >= 11 is 0. The molecule has 94 valence electrons. The third-order valence-corrected chi connectivity index (χ3v) is 3.28. The number of nitrogens with one attached hydrogen (secondary N) is 1. The molecule has 0 radical (unpaired) electrons. The maximum Gasteiger partial charge on any atom is 0.289 e. The van der Waals surface area contributed by atoms with Gasteiger partial charge in [0.05, 0.1) is 0 Å². The Balaban J connectivity index is 2.02. The molecule has 0 aromatic carbocycles. The van der Waals surface area contributed by atoms with E-state index in [1.165, 1.54) is 6.42 Å². The molecule has 1 fully saturated rings. The van der Waals surface area contributed by atoms with Gasteiger partial charge in [0.25, 0.3) is 5.91 Å². The third kappa shape index (κ3) is 2.66. The van der Waals surface area contributed by atoms with Crippen molar-refractivity contribution >= 4 is 5.91 Å². The van der Waals surface area contributed by atoms with Crippen LogP contribution in [-0.2, 0) is 7.05 Å². The molecule has 17 heavy (non-hydrogen) atoms. The number of amides is 1. The molecule has 1 amide bonds. The Labute approximate surface area is 102 Å². The summed E-state index contributed by atoms with van der Waals surface area (Å²) in [4.78, 5) is 18.2. The molecule has 1 aromatic heterocycles. The first-order valence-electron chi connectivity index (χ1n) is 6.22. The standard InChI is InChI=1S/C12H20N4O/c1-3-16(9-10-5-4-6-13-10)12(17)11-14-7-8-15(11)2/h7-8,10,13H,3-6,9H2,1-2H3. The molecule has 2 rings (SSSR count). The van der Waals surface area contributed by atoms with E-state index >= 15 is 0 Å². The maximum atomic E-state index is 12.3. The lowest BCUT2D eigenvalue weighted by molar-refractivity contribution is 0.0735. The van der Waals surface area contributed by atoms with Crippen LogP contribution in [0.25, 0.3) is 0 Å². The number of carbonyl (C=O) groups is 1. The van der Waals surface area contributed by atoms with Crippen molar-refractivity contribution < 1.29 is 4.79 Å². The zero-order valence-electron chi connectivity index (χ0n) is 10.5. The third-order valence-electron chi connectivity index (χ3n) is 3.28. The van der Waals surface area contributed by atoms with Gasteiger partial charge in [-0.3, -0.25) is 4.79 Å². The molecular weight excluding hydrogens is 216 g/mol. The Morgan fingerprint density at radius 2 is 2.53 bits per heavy atom. The van der Waals surface area contributed by atoms with E-state index in [9.17, 15) is 4.79 Å². The largest absolute Gasteiger partial charge is 0.335 e. The van der Waals surface area contributed by atoms with Gasteiger partial charge in [0.1, 0.15) is 0 Å². The average molecular weight is 236 g/mol. The van der Waals surface area contributed by atoms with Gasteiger partial charge in [0.2, 0.25) is 0 Å². The van der Waals surface area contributed by atoms with Crippen LogP contribution in [0.5, 0.6) is 0 Å². The number of hydrogen-bond acceptors (Lipinski definition) is 3. The van der Waals surface area contributed by atoms with Gasteiger partial charge in [0, 0.05) is 38.6 Å². The lowest BCUT2D eigenvalue weighted by Gasteiger charge is -2.24. The Kier molecular flexibility index (Phi) is 3.78. The molecule has 1 aliphatic rings. The highest BCUT2D eigenvalue weighted by Gasteiger charge is 2.23. The van der Waals surface area contributed by atoms with Gasteiger partial charge in [-0.1, -0.05) is 0 Å². The molecular formula is C12H20N4O. The predicted molar refractivity (Wildman–Crippen MR) is 65.8 cm³/mol. The topological polar surface area (TPSA) is 50.2 Å². The van der Waals surface area contributed by atoms with Crippen LogP contribution in [0.3, 0.4) is 0 Å². The molecule has 5 heteroatoms. The number of aromatic nitrogens is 2. The molecule has 0 saturated carbocycles. The van der Waals surface area contributed by atoms with Gasteiger partial charge in [-0.15, -0.1) is 0 Å². The summed E-state index contributed by atoms with van der Waals surface area (Å²) < 4.78 is 1.77. The number of hydrogen-bond donors (Lipinski definition) is 1. The number of imidazole rings is 1. The molecule has 0 aliphatic carbocycles. The van der Waals surface area contributed by atoms with E-state index in [0.29, 0.717) is 11.9 Å². The summed E-state index contributed by atoms with van der Waals surface area (Å²) in [7, 11) is 1.85. The van der Waals surface area contributed by atoms with E-state index in [-0.39, 0.29) is 5.91 Å². The molecule has 1 unspecified atom stereocenters. The number of nitrogens with zero attached hydrogens (tertiary/aromatic N) is 3. The van der Waals surface area contributed by atoms with E-state index in [4.69, 9.17) is 0 Å². The second-order valence-corrected chi connectivity index (χ2v) is 4.50. The minimum absolute atomic E-state index is 0.0219. The minimum Gasteiger partial charge on any atom is -0.335 e. The highest BCUT2D eigenvalue weighted by Crippen LogP contribution is 2.09. The van der Waals surface area contributed by atoms with Crippen LogP contribution in [0, 0.1) is 0 Å². The molecule has 1 aromatic rings. The second-order valence-electron chi connectivity index (χ2n) is 4.50. The van der Waals surface area contributed by atoms with Gasteiger partial charge >= 0.3 is 0 Å². The second kappa shape index (κ2) is 5.31. The minimum atomic E-state index is 0.0219. The highest BCUT2D eigenvalue weighted by molar-refractivity contribution is 5.90. The van der Waals surface area contributed by atoms with Crippen molar-refractivity contribution in [3.05, 3.63) is 18.2 Å². The van der Waals surface area contributed by atoms with E-state index in [1.54, 1.807) is 17.0 Å². The molecule has 1 atom stereocenters. The zero-order chi connectivity index (χ0) is 12.3. The lowest BCUT2D eigenvalue weighted by atomic mass is 10.2. The molecule has 1 N–H and O–H groups in total. The molecule has 1 saturated heterocycles. The van der Waals surface area contributed by atoms with Crippen molar-refractivity contribution in [2.24, 2.45) is 7.05 Å². The average Bonchev–Trinajstić information content (AvgIpc) is 2.96. The molecule has 5 nitrogen and oxygen atoms in total. The van der Waals surface area contributed by atoms with Crippen LogP contribution in [0.2, 0.25) is 0 Å². The van der Waals surface area contributed by atoms with E-state index in [1.807, 2.05) is 18.9 Å². The van der Waals surface area contributed by atoms with E-state index < -0.39 is 0 Å². The molecule has 0 bridgehead atoms. The summed E-state index contributed by atoms with van der Waals surface area (Å²) in [5, 5.41) is 3.42. The fourth-order valence-corrected chi connectivity index (χ4v) is 2.25. The summed E-state index contributed by atoms with van der Waals surface area (Å²) in [5.41, 5.74) is 0. The van der Waals surface area contributed by atoms with E-state index in [0.717, 1.165) is 26.1 Å². The van der Waals surface area contributed by atoms with Gasteiger partial charge < -0.3 is 14.8 Å². The quantitative estimate of drug-likeness (QED) is 0.834. The van der Waals surface area contributed by atoms with Crippen molar-refractivity contribution in [1.29, 1.82) is 0 Å². The van der Waals surface area contributed by atoms with E-state index in [2.05, 4.69) is 10.3 Å². The fourth-order valence-electron chi connectivity index (χ4n) is 2.25. The Morgan fingerprint density at radius 3 is 3.06 bits per heavy atom. The number of carbonyl (C=O) groups excluding carboxylic acids is 1. The van der Waals surface area contributed by atoms with Crippen LogP contribution in [0.15, 0.2) is 12.4 Å². The summed E-state index contributed by atoms with van der Waals surface area (Å²) in [6.45, 7) is 4.58. The van der Waals surface area contributed by atoms with Crippen LogP contribution in [-0.4, -0.2) is 46.0 Å². The molecule has 0 spiro atoms. The Bertz CT molecular complexity index is 382. The van der Waals surface area contributed by atoms with Crippen LogP contribution in [0.4, 0.5) is 0 Å². The molecule has 2 heterocycles. The Morgan fingerprint density at radius 1 is 1.71 bits per heavy atom. The van der Waals surface area contributed by atoms with Gasteiger partial charge in [-0.05, 0) is 26.3 Å². The van der Waals surface area contributed by atoms with Gasteiger partial charge in [-0.25, -0.2) is 4.98 Å². The van der Waals surface area contributed by atoms with Gasteiger partial charge in [0.15, 0.2) is 5.82 Å². The van der Waals surface area contributed by atoms with Crippen molar-refractivity contribution in [2.75, 3.05) is 19.6 Å². The first-order valence-corrected chi connectivity index (χ1v) is 6.22. The number of likely N-dealkylation sites (N-methyl/N-ethyl adjacent to an activating group) is 1. The number of aryl methyl sites for hydroxylation is 1. The first kappa shape index (κ1) is 12.1. The lowest BCUT2D eigenvalue weighted by Crippen LogP contribution is -2.41. The summed E-state index contributed by atoms with van der Waals surface area (Å²) in [6.07, 6.45) is 5.83. The monoisotopic (exact) mass is 236 g/mol. The van der Waals surface area contributed by atoms with Crippen LogP contribution in [0.1, 0.15) is 30.4 Å². The highest BCUT2D eigenvalue weighted by atomic mass is 16.2. The summed E-state index contributed by atoms with van der Waals surface area (Å²) in [6, 6.07) is 0.444. The Hall–Kier alpha value is -1.36. The smallest absolute Gasteiger partial charge is 0.289 e. The summed E-state index contributed by atoms with van der Waals surface area (Å²) in [5.74, 6) is 0.540. The molecule has 1 aliphatic heterocycles. The van der Waals surface area contributed by atoms with Crippen LogP contribution >= 0.6 is 0 Å². The fraction of sp³-hybridized carbons (Fsp3) is 0.667. The van der Waals surface area contributed by atoms with Gasteiger partial charge in [-0.2, -0.15) is 0 Å². The van der Waals surface area contributed by atoms with Crippen LogP contribution < -0.4 is 5.32 Å². The predicted octanol–water partition coefficient (Wildman–Crippen LogP) is 0.634. The van der Waals surface area contributed by atoms with Crippen molar-refractivity contribution in [3.8, 4) is 0 Å². The number of rotatable bonds is 4. The van der Waals surface area contributed by atoms with Crippen molar-refractivity contribution in [2.45, 2.75) is 25.8 Å². The van der Waals surface area contributed by atoms with Crippen molar-refractivity contribution in [3.63, 3.8) is 0 Å². The zero-order valence-corrected chi connectivity index (χ0v) is 10.5. The first-order chi connectivity index (χ1) is 8.22. The SMILES string of the molecule is CCN(CC1CCCN1)C(=O)c1nccn1C.